The first-order valence-corrected chi connectivity index (χ1v) is 7.74. The molecule has 14 heavy (non-hydrogen) atoms. The Morgan fingerprint density at radius 3 is 2.50 bits per heavy atom. The van der Waals surface area contributed by atoms with Gasteiger partial charge in [-0.1, -0.05) is 22.9 Å². The van der Waals surface area contributed by atoms with E-state index in [1.54, 1.807) is 4.31 Å². The van der Waals surface area contributed by atoms with E-state index in [-0.39, 0.29) is 5.41 Å². The first kappa shape index (κ1) is 10.9. The quantitative estimate of drug-likeness (QED) is 0.735. The third kappa shape index (κ3) is 1.99. The molecule has 1 aliphatic heterocycles. The minimum Gasteiger partial charge on any atom is -0.212 e. The average Bonchev–Trinajstić information content (AvgIpc) is 2.78. The van der Waals surface area contributed by atoms with E-state index in [9.17, 15) is 8.42 Å². The highest BCUT2D eigenvalue weighted by Crippen LogP contribution is 2.48. The third-order valence-electron chi connectivity index (χ3n) is 3.16. The zero-order valence-electron chi connectivity index (χ0n) is 8.37. The largest absolute Gasteiger partial charge is 0.214 e. The van der Waals surface area contributed by atoms with Crippen molar-refractivity contribution in [3.8, 4) is 0 Å². The fourth-order valence-corrected chi connectivity index (χ4v) is 4.75. The molecule has 1 unspecified atom stereocenters. The Labute approximate surface area is 94.0 Å². The second-order valence-corrected chi connectivity index (χ2v) is 7.38. The molecule has 0 radical (unpaired) electrons. The maximum Gasteiger partial charge on any atom is 0.214 e. The van der Waals surface area contributed by atoms with Gasteiger partial charge in [0.15, 0.2) is 0 Å². The van der Waals surface area contributed by atoms with Gasteiger partial charge in [-0.25, -0.2) is 12.7 Å². The SMILES string of the molecule is CC1CN(CC2(CBr)CC2)S(=O)(=O)C1. The average molecular weight is 282 g/mol. The van der Waals surface area contributed by atoms with Crippen molar-refractivity contribution in [2.75, 3.05) is 24.2 Å². The fourth-order valence-electron chi connectivity index (χ4n) is 2.03. The number of rotatable bonds is 3. The van der Waals surface area contributed by atoms with Crippen molar-refractivity contribution < 1.29 is 8.42 Å². The van der Waals surface area contributed by atoms with Crippen LogP contribution in [0.15, 0.2) is 0 Å². The number of halogens is 1. The van der Waals surface area contributed by atoms with E-state index in [0.29, 0.717) is 11.7 Å². The highest BCUT2D eigenvalue weighted by molar-refractivity contribution is 9.09. The number of nitrogens with zero attached hydrogens (tertiary/aromatic N) is 1. The van der Waals surface area contributed by atoms with Gasteiger partial charge in [-0.3, -0.25) is 0 Å². The number of hydrogen-bond donors (Lipinski definition) is 0. The summed E-state index contributed by atoms with van der Waals surface area (Å²) in [5.74, 6) is 0.636. The second kappa shape index (κ2) is 3.46. The highest BCUT2D eigenvalue weighted by Gasteiger charge is 2.46. The molecular formula is C9H16BrNO2S. The topological polar surface area (TPSA) is 37.4 Å². The van der Waals surface area contributed by atoms with Crippen LogP contribution in [0.1, 0.15) is 19.8 Å². The monoisotopic (exact) mass is 281 g/mol. The molecule has 0 spiro atoms. The van der Waals surface area contributed by atoms with Gasteiger partial charge in [0.05, 0.1) is 5.75 Å². The van der Waals surface area contributed by atoms with Crippen LogP contribution in [0.4, 0.5) is 0 Å². The minimum atomic E-state index is -2.93. The summed E-state index contributed by atoms with van der Waals surface area (Å²) in [7, 11) is -2.93. The van der Waals surface area contributed by atoms with Gasteiger partial charge >= 0.3 is 0 Å². The standard InChI is InChI=1S/C9H16BrNO2S/c1-8-4-11(14(12,13)5-8)7-9(6-10)2-3-9/h8H,2-7H2,1H3. The Hall–Kier alpha value is 0.390. The van der Waals surface area contributed by atoms with Crippen LogP contribution in [0.25, 0.3) is 0 Å². The molecule has 1 saturated heterocycles. The Morgan fingerprint density at radius 1 is 1.50 bits per heavy atom. The van der Waals surface area contributed by atoms with Gasteiger partial charge in [-0.15, -0.1) is 0 Å². The van der Waals surface area contributed by atoms with E-state index in [4.69, 9.17) is 0 Å². The zero-order chi connectivity index (χ0) is 10.4. The predicted octanol–water partition coefficient (Wildman–Crippen LogP) is 1.44. The molecule has 0 aromatic heterocycles. The molecule has 2 fully saturated rings. The maximum absolute atomic E-state index is 11.7. The summed E-state index contributed by atoms with van der Waals surface area (Å²) in [5.41, 5.74) is 0.261. The van der Waals surface area contributed by atoms with E-state index in [1.807, 2.05) is 6.92 Å². The van der Waals surface area contributed by atoms with E-state index < -0.39 is 10.0 Å². The second-order valence-electron chi connectivity index (χ2n) is 4.81. The highest BCUT2D eigenvalue weighted by atomic mass is 79.9. The maximum atomic E-state index is 11.7. The summed E-state index contributed by atoms with van der Waals surface area (Å²) in [6.45, 7) is 3.45. The van der Waals surface area contributed by atoms with E-state index in [1.165, 1.54) is 12.8 Å². The van der Waals surface area contributed by atoms with Crippen molar-refractivity contribution >= 4 is 26.0 Å². The normalized spacial score (nSPS) is 34.6. The van der Waals surface area contributed by atoms with Crippen LogP contribution < -0.4 is 0 Å². The zero-order valence-corrected chi connectivity index (χ0v) is 10.8. The molecule has 0 bridgehead atoms. The van der Waals surface area contributed by atoms with Crippen molar-refractivity contribution in [2.45, 2.75) is 19.8 Å². The van der Waals surface area contributed by atoms with Crippen molar-refractivity contribution in [2.24, 2.45) is 11.3 Å². The molecule has 0 N–H and O–H groups in total. The van der Waals surface area contributed by atoms with Crippen LogP contribution in [0.5, 0.6) is 0 Å². The molecule has 0 aromatic carbocycles. The summed E-state index contributed by atoms with van der Waals surface area (Å²) < 4.78 is 25.1. The van der Waals surface area contributed by atoms with Gasteiger partial charge < -0.3 is 0 Å². The van der Waals surface area contributed by atoms with Gasteiger partial charge in [0.2, 0.25) is 10.0 Å². The van der Waals surface area contributed by atoms with Crippen LogP contribution in [0.2, 0.25) is 0 Å². The lowest BCUT2D eigenvalue weighted by molar-refractivity contribution is 0.349. The van der Waals surface area contributed by atoms with E-state index >= 15 is 0 Å². The molecular weight excluding hydrogens is 266 g/mol. The van der Waals surface area contributed by atoms with Crippen LogP contribution >= 0.6 is 15.9 Å². The summed E-state index contributed by atoms with van der Waals surface area (Å²) in [6, 6.07) is 0. The minimum absolute atomic E-state index is 0.261. The Kier molecular flexibility index (Phi) is 2.69. The van der Waals surface area contributed by atoms with Gasteiger partial charge in [-0.2, -0.15) is 0 Å². The molecule has 2 aliphatic rings. The summed E-state index contributed by atoms with van der Waals surface area (Å²) in [6.07, 6.45) is 2.33. The number of alkyl halides is 1. The smallest absolute Gasteiger partial charge is 0.212 e. The molecule has 5 heteroatoms. The van der Waals surface area contributed by atoms with Gasteiger partial charge in [0.25, 0.3) is 0 Å². The lowest BCUT2D eigenvalue weighted by Gasteiger charge is -2.20. The van der Waals surface area contributed by atoms with Gasteiger partial charge in [0.1, 0.15) is 0 Å². The van der Waals surface area contributed by atoms with Crippen molar-refractivity contribution in [3.05, 3.63) is 0 Å². The summed E-state index contributed by atoms with van der Waals surface area (Å²) >= 11 is 3.47. The summed E-state index contributed by atoms with van der Waals surface area (Å²) in [5, 5.41) is 0.931. The van der Waals surface area contributed by atoms with Crippen LogP contribution in [-0.2, 0) is 10.0 Å². The molecule has 1 atom stereocenters. The van der Waals surface area contributed by atoms with Crippen LogP contribution in [0.3, 0.4) is 0 Å². The molecule has 1 saturated carbocycles. The van der Waals surface area contributed by atoms with Crippen LogP contribution in [-0.4, -0.2) is 36.9 Å². The van der Waals surface area contributed by atoms with Crippen molar-refractivity contribution in [1.29, 1.82) is 0 Å². The third-order valence-corrected chi connectivity index (χ3v) is 6.40. The van der Waals surface area contributed by atoms with Crippen molar-refractivity contribution in [3.63, 3.8) is 0 Å². The van der Waals surface area contributed by atoms with Gasteiger partial charge in [-0.05, 0) is 24.2 Å². The fraction of sp³-hybridized carbons (Fsp3) is 1.00. The lowest BCUT2D eigenvalue weighted by Crippen LogP contribution is -2.32. The molecule has 1 heterocycles. The van der Waals surface area contributed by atoms with Crippen LogP contribution in [0, 0.1) is 11.3 Å². The molecule has 2 rings (SSSR count). The molecule has 82 valence electrons. The van der Waals surface area contributed by atoms with Crippen molar-refractivity contribution in [1.82, 2.24) is 4.31 Å². The Bertz CT molecular complexity index is 324. The van der Waals surface area contributed by atoms with E-state index in [2.05, 4.69) is 15.9 Å². The molecule has 1 aliphatic carbocycles. The lowest BCUT2D eigenvalue weighted by atomic mass is 10.1. The van der Waals surface area contributed by atoms with Gasteiger partial charge in [0, 0.05) is 18.4 Å². The Morgan fingerprint density at radius 2 is 2.14 bits per heavy atom. The predicted molar refractivity (Wildman–Crippen MR) is 60.0 cm³/mol. The Balaban J connectivity index is 2.05. The summed E-state index contributed by atoms with van der Waals surface area (Å²) in [4.78, 5) is 0. The molecule has 0 amide bonds. The van der Waals surface area contributed by atoms with E-state index in [0.717, 1.165) is 18.4 Å². The number of sulfonamides is 1. The molecule has 0 aromatic rings. The molecule has 3 nitrogen and oxygen atoms in total. The first-order valence-electron chi connectivity index (χ1n) is 5.01. The number of hydrogen-bond acceptors (Lipinski definition) is 2. The first-order chi connectivity index (χ1) is 6.47.